The number of rotatable bonds is 3. The molecule has 0 radical (unpaired) electrons. The summed E-state index contributed by atoms with van der Waals surface area (Å²) in [6.45, 7) is 7.50. The number of carbonyl (C=O) groups is 2. The lowest BCUT2D eigenvalue weighted by Gasteiger charge is -2.29. The molecule has 2 rings (SSSR count). The lowest BCUT2D eigenvalue weighted by Crippen LogP contribution is -2.35. The predicted molar refractivity (Wildman–Crippen MR) is 87.0 cm³/mol. The molecule has 1 unspecified atom stereocenters. The quantitative estimate of drug-likeness (QED) is 0.778. The number of amides is 1. The first-order chi connectivity index (χ1) is 9.77. The van der Waals surface area contributed by atoms with Crippen LogP contribution in [0, 0.1) is 11.3 Å². The third-order valence-electron chi connectivity index (χ3n) is 4.21. The minimum Gasteiger partial charge on any atom is -0.335 e. The highest BCUT2D eigenvalue weighted by Crippen LogP contribution is 2.34. The Hall–Kier alpha value is -0.870. The summed E-state index contributed by atoms with van der Waals surface area (Å²) in [5, 5.41) is 0. The van der Waals surface area contributed by atoms with Gasteiger partial charge in [-0.15, -0.1) is 11.3 Å². The molecule has 1 aromatic rings. The van der Waals surface area contributed by atoms with E-state index >= 15 is 0 Å². The van der Waals surface area contributed by atoms with Crippen LogP contribution in [-0.2, 0) is 4.79 Å². The van der Waals surface area contributed by atoms with Crippen LogP contribution >= 0.6 is 22.9 Å². The van der Waals surface area contributed by atoms with E-state index in [2.05, 4.69) is 20.8 Å². The normalized spacial score (nSPS) is 20.5. The van der Waals surface area contributed by atoms with Gasteiger partial charge < -0.3 is 4.90 Å². The predicted octanol–water partition coefficient (Wildman–Crippen LogP) is 4.26. The molecule has 0 bridgehead atoms. The van der Waals surface area contributed by atoms with Crippen LogP contribution in [0.1, 0.15) is 49.7 Å². The fraction of sp³-hybridized carbons (Fsp3) is 0.625. The Morgan fingerprint density at radius 1 is 1.38 bits per heavy atom. The Labute approximate surface area is 135 Å². The maximum Gasteiger partial charge on any atom is 0.222 e. The molecular formula is C16H22ClNO2S. The summed E-state index contributed by atoms with van der Waals surface area (Å²) in [7, 11) is 0. The minimum absolute atomic E-state index is 0.0190. The van der Waals surface area contributed by atoms with Gasteiger partial charge in [0.25, 0.3) is 0 Å². The average molecular weight is 328 g/mol. The zero-order valence-electron chi connectivity index (χ0n) is 12.8. The second-order valence-electron chi connectivity index (χ2n) is 6.73. The molecule has 5 heteroatoms. The van der Waals surface area contributed by atoms with Crippen LogP contribution in [0.4, 0.5) is 0 Å². The summed E-state index contributed by atoms with van der Waals surface area (Å²) in [6, 6.07) is 3.45. The number of ketones is 1. The monoisotopic (exact) mass is 327 g/mol. The fourth-order valence-electron chi connectivity index (χ4n) is 2.79. The van der Waals surface area contributed by atoms with Gasteiger partial charge in [0.2, 0.25) is 5.91 Å². The highest BCUT2D eigenvalue weighted by atomic mass is 35.5. The summed E-state index contributed by atoms with van der Waals surface area (Å²) in [4.78, 5) is 26.8. The molecule has 0 N–H and O–H groups in total. The van der Waals surface area contributed by atoms with Gasteiger partial charge in [-0.3, -0.25) is 9.59 Å². The van der Waals surface area contributed by atoms with Crippen molar-refractivity contribution in [3.05, 3.63) is 21.3 Å². The summed E-state index contributed by atoms with van der Waals surface area (Å²) >= 11 is 7.13. The third-order valence-corrected chi connectivity index (χ3v) is 5.49. The number of thiophene rings is 1. The molecule has 1 saturated heterocycles. The molecule has 1 aliphatic rings. The van der Waals surface area contributed by atoms with Crippen molar-refractivity contribution >= 4 is 34.6 Å². The molecule has 1 aromatic heterocycles. The SMILES string of the molecule is CC(C)(C)C1CCC(=O)N(CC(=O)c2ccc(Cl)s2)CC1. The van der Waals surface area contributed by atoms with E-state index in [4.69, 9.17) is 11.6 Å². The summed E-state index contributed by atoms with van der Waals surface area (Å²) < 4.78 is 0.605. The fourth-order valence-corrected chi connectivity index (χ4v) is 3.76. The molecule has 2 heterocycles. The Morgan fingerprint density at radius 2 is 2.10 bits per heavy atom. The number of hydrogen-bond donors (Lipinski definition) is 0. The van der Waals surface area contributed by atoms with E-state index in [0.29, 0.717) is 28.1 Å². The van der Waals surface area contributed by atoms with Crippen LogP contribution in [0.15, 0.2) is 12.1 Å². The number of nitrogens with zero attached hydrogens (tertiary/aromatic N) is 1. The van der Waals surface area contributed by atoms with Gasteiger partial charge in [-0.2, -0.15) is 0 Å². The van der Waals surface area contributed by atoms with Gasteiger partial charge >= 0.3 is 0 Å². The lowest BCUT2D eigenvalue weighted by molar-refractivity contribution is -0.130. The van der Waals surface area contributed by atoms with Crippen molar-refractivity contribution in [2.45, 2.75) is 40.0 Å². The minimum atomic E-state index is -0.0190. The van der Waals surface area contributed by atoms with Gasteiger partial charge in [-0.25, -0.2) is 0 Å². The van der Waals surface area contributed by atoms with E-state index in [1.165, 1.54) is 11.3 Å². The van der Waals surface area contributed by atoms with Crippen LogP contribution in [-0.4, -0.2) is 29.7 Å². The zero-order valence-corrected chi connectivity index (χ0v) is 14.4. The van der Waals surface area contributed by atoms with Gasteiger partial charge in [-0.05, 0) is 36.3 Å². The van der Waals surface area contributed by atoms with Gasteiger partial charge in [0, 0.05) is 13.0 Å². The van der Waals surface area contributed by atoms with Crippen LogP contribution in [0.25, 0.3) is 0 Å². The number of hydrogen-bond acceptors (Lipinski definition) is 3. The van der Waals surface area contributed by atoms with Crippen LogP contribution in [0.3, 0.4) is 0 Å². The number of likely N-dealkylation sites (tertiary alicyclic amines) is 1. The van der Waals surface area contributed by atoms with Gasteiger partial charge in [0.15, 0.2) is 5.78 Å². The second kappa shape index (κ2) is 6.49. The molecule has 1 atom stereocenters. The Balaban J connectivity index is 2.00. The van der Waals surface area contributed by atoms with E-state index in [9.17, 15) is 9.59 Å². The highest BCUT2D eigenvalue weighted by Gasteiger charge is 2.30. The number of Topliss-reactive ketones (excluding diaryl/α,β-unsaturated/α-hetero) is 1. The molecule has 0 aliphatic carbocycles. The molecule has 0 aromatic carbocycles. The van der Waals surface area contributed by atoms with Gasteiger partial charge in [0.05, 0.1) is 15.8 Å². The van der Waals surface area contributed by atoms with Crippen molar-refractivity contribution in [1.82, 2.24) is 4.90 Å². The summed E-state index contributed by atoms with van der Waals surface area (Å²) in [5.41, 5.74) is 0.210. The van der Waals surface area contributed by atoms with Gasteiger partial charge in [0.1, 0.15) is 0 Å². The van der Waals surface area contributed by atoms with E-state index < -0.39 is 0 Å². The first-order valence-electron chi connectivity index (χ1n) is 7.33. The molecule has 3 nitrogen and oxygen atoms in total. The first-order valence-corrected chi connectivity index (χ1v) is 8.53. The van der Waals surface area contributed by atoms with Crippen molar-refractivity contribution in [3.63, 3.8) is 0 Å². The second-order valence-corrected chi connectivity index (χ2v) is 8.45. The third kappa shape index (κ3) is 4.30. The lowest BCUT2D eigenvalue weighted by atomic mass is 9.77. The maximum atomic E-state index is 12.2. The standard InChI is InChI=1S/C16H22ClNO2S/c1-16(2,3)11-4-7-15(20)18(9-8-11)10-12(19)13-5-6-14(17)21-13/h5-6,11H,4,7-10H2,1-3H3. The summed E-state index contributed by atoms with van der Waals surface area (Å²) in [5.74, 6) is 0.602. The van der Waals surface area contributed by atoms with Crippen molar-refractivity contribution in [1.29, 1.82) is 0 Å². The molecule has 21 heavy (non-hydrogen) atoms. The first kappa shape index (κ1) is 16.5. The van der Waals surface area contributed by atoms with E-state index in [1.54, 1.807) is 17.0 Å². The molecule has 1 amide bonds. The Morgan fingerprint density at radius 3 is 2.67 bits per heavy atom. The van der Waals surface area contributed by atoms with Crippen molar-refractivity contribution in [2.24, 2.45) is 11.3 Å². The zero-order chi connectivity index (χ0) is 15.6. The highest BCUT2D eigenvalue weighted by molar-refractivity contribution is 7.18. The van der Waals surface area contributed by atoms with Crippen molar-refractivity contribution in [3.8, 4) is 0 Å². The number of carbonyl (C=O) groups excluding carboxylic acids is 2. The molecule has 116 valence electrons. The maximum absolute atomic E-state index is 12.2. The van der Waals surface area contributed by atoms with Crippen molar-refractivity contribution in [2.75, 3.05) is 13.1 Å². The van der Waals surface area contributed by atoms with E-state index in [0.717, 1.165) is 12.8 Å². The number of halogens is 1. The van der Waals surface area contributed by atoms with Gasteiger partial charge in [-0.1, -0.05) is 32.4 Å². The van der Waals surface area contributed by atoms with Crippen LogP contribution < -0.4 is 0 Å². The van der Waals surface area contributed by atoms with E-state index in [-0.39, 0.29) is 23.7 Å². The Bertz CT molecular complexity index is 533. The molecule has 1 fully saturated rings. The van der Waals surface area contributed by atoms with Crippen molar-refractivity contribution < 1.29 is 9.59 Å². The van der Waals surface area contributed by atoms with Crippen LogP contribution in [0.5, 0.6) is 0 Å². The van der Waals surface area contributed by atoms with E-state index in [1.807, 2.05) is 0 Å². The largest absolute Gasteiger partial charge is 0.335 e. The Kier molecular flexibility index (Phi) is 5.10. The topological polar surface area (TPSA) is 37.4 Å². The molecular weight excluding hydrogens is 306 g/mol. The average Bonchev–Trinajstić information content (AvgIpc) is 2.73. The summed E-state index contributed by atoms with van der Waals surface area (Å²) in [6.07, 6.45) is 2.42. The molecule has 1 aliphatic heterocycles. The van der Waals surface area contributed by atoms with Crippen LogP contribution in [0.2, 0.25) is 4.34 Å². The molecule has 0 saturated carbocycles. The smallest absolute Gasteiger partial charge is 0.222 e. The molecule has 0 spiro atoms.